The van der Waals surface area contributed by atoms with Crippen molar-refractivity contribution >= 4 is 5.91 Å². The maximum atomic E-state index is 12.5. The van der Waals surface area contributed by atoms with E-state index < -0.39 is 0 Å². The molecule has 3 aliphatic rings. The number of likely N-dealkylation sites (tertiary alicyclic amines) is 1. The summed E-state index contributed by atoms with van der Waals surface area (Å²) in [5.74, 6) is 0.952. The van der Waals surface area contributed by atoms with Gasteiger partial charge in [0.1, 0.15) is 0 Å². The van der Waals surface area contributed by atoms with Crippen LogP contribution < -0.4 is 5.32 Å². The van der Waals surface area contributed by atoms with Gasteiger partial charge in [0.2, 0.25) is 5.91 Å². The molecule has 3 fully saturated rings. The molecule has 2 atom stereocenters. The fourth-order valence-corrected chi connectivity index (χ4v) is 3.99. The smallest absolute Gasteiger partial charge is 0.223 e. The molecule has 2 saturated carbocycles. The molecular formula is C19H26N2O. The lowest BCUT2D eigenvalue weighted by molar-refractivity contribution is -0.123. The Kier molecular flexibility index (Phi) is 3.69. The molecule has 1 saturated heterocycles. The summed E-state index contributed by atoms with van der Waals surface area (Å²) in [6, 6.07) is 9.76. The molecular weight excluding hydrogens is 272 g/mol. The van der Waals surface area contributed by atoms with Gasteiger partial charge in [0.05, 0.1) is 0 Å². The average Bonchev–Trinajstić information content (AvgIpc) is 3.41. The van der Waals surface area contributed by atoms with Gasteiger partial charge in [0, 0.05) is 31.1 Å². The van der Waals surface area contributed by atoms with Crippen LogP contribution in [0, 0.1) is 12.8 Å². The Hall–Kier alpha value is -1.35. The van der Waals surface area contributed by atoms with Crippen molar-refractivity contribution in [1.82, 2.24) is 10.2 Å². The first-order valence-corrected chi connectivity index (χ1v) is 8.82. The van der Waals surface area contributed by atoms with Gasteiger partial charge < -0.3 is 10.2 Å². The van der Waals surface area contributed by atoms with Gasteiger partial charge in [-0.2, -0.15) is 0 Å². The second-order valence-electron chi connectivity index (χ2n) is 7.36. The maximum absolute atomic E-state index is 12.5. The Labute approximate surface area is 133 Å². The second kappa shape index (κ2) is 5.69. The second-order valence-corrected chi connectivity index (χ2v) is 7.36. The van der Waals surface area contributed by atoms with Crippen LogP contribution in [0.1, 0.15) is 49.1 Å². The van der Waals surface area contributed by atoms with Crippen molar-refractivity contribution in [2.45, 2.75) is 57.0 Å². The van der Waals surface area contributed by atoms with E-state index in [1.165, 1.54) is 37.1 Å². The lowest BCUT2D eigenvalue weighted by Crippen LogP contribution is -2.45. The van der Waals surface area contributed by atoms with E-state index in [-0.39, 0.29) is 11.8 Å². The Morgan fingerprint density at radius 2 is 1.86 bits per heavy atom. The highest BCUT2D eigenvalue weighted by molar-refractivity contribution is 5.83. The first-order chi connectivity index (χ1) is 10.7. The van der Waals surface area contributed by atoms with E-state index in [9.17, 15) is 4.79 Å². The summed E-state index contributed by atoms with van der Waals surface area (Å²) < 4.78 is 0. The van der Waals surface area contributed by atoms with Crippen molar-refractivity contribution in [2.24, 2.45) is 5.92 Å². The van der Waals surface area contributed by atoms with Gasteiger partial charge in [0.15, 0.2) is 0 Å². The predicted octanol–water partition coefficient (Wildman–Crippen LogP) is 2.84. The summed E-state index contributed by atoms with van der Waals surface area (Å²) in [7, 11) is 0. The Bertz CT molecular complexity index is 558. The number of carbonyl (C=O) groups excluding carboxylic acids is 1. The van der Waals surface area contributed by atoms with Crippen LogP contribution in [0.15, 0.2) is 24.3 Å². The number of nitrogens with one attached hydrogen (secondary N) is 1. The lowest BCUT2D eigenvalue weighted by Gasteiger charge is -2.32. The van der Waals surface area contributed by atoms with Crippen LogP contribution in [0.4, 0.5) is 0 Å². The normalized spacial score (nSPS) is 29.3. The minimum absolute atomic E-state index is 0.211. The van der Waals surface area contributed by atoms with Crippen molar-refractivity contribution in [3.05, 3.63) is 35.4 Å². The van der Waals surface area contributed by atoms with E-state index in [1.807, 2.05) is 0 Å². The predicted molar refractivity (Wildman–Crippen MR) is 87.8 cm³/mol. The number of benzene rings is 1. The Balaban J connectivity index is 1.28. The fraction of sp³-hybridized carbons (Fsp3) is 0.632. The van der Waals surface area contributed by atoms with Crippen LogP contribution >= 0.6 is 0 Å². The third kappa shape index (κ3) is 2.91. The SMILES string of the molecule is Cc1ccccc1[C@H]1C[C@@H]1C(=O)NC1CCN(C2CC2)CC1. The molecule has 0 bridgehead atoms. The van der Waals surface area contributed by atoms with Crippen LogP contribution in [0.25, 0.3) is 0 Å². The summed E-state index contributed by atoms with van der Waals surface area (Å²) in [6.45, 7) is 4.49. The van der Waals surface area contributed by atoms with Gasteiger partial charge in [-0.3, -0.25) is 4.79 Å². The highest BCUT2D eigenvalue weighted by Gasteiger charge is 2.45. The van der Waals surface area contributed by atoms with E-state index in [4.69, 9.17) is 0 Å². The number of hydrogen-bond donors (Lipinski definition) is 1. The lowest BCUT2D eigenvalue weighted by atomic mass is 10.0. The third-order valence-electron chi connectivity index (χ3n) is 5.65. The van der Waals surface area contributed by atoms with Crippen molar-refractivity contribution in [2.75, 3.05) is 13.1 Å². The van der Waals surface area contributed by atoms with Gasteiger partial charge >= 0.3 is 0 Å². The van der Waals surface area contributed by atoms with Crippen molar-refractivity contribution in [3.63, 3.8) is 0 Å². The number of rotatable bonds is 4. The standard InChI is InChI=1S/C19H26N2O/c1-13-4-2-3-5-16(13)17-12-18(17)19(22)20-14-8-10-21(11-9-14)15-6-7-15/h2-5,14-15,17-18H,6-12H2,1H3,(H,20,22)/t17-,18+/m1/s1. The molecule has 0 radical (unpaired) electrons. The van der Waals surface area contributed by atoms with Gasteiger partial charge in [-0.1, -0.05) is 24.3 Å². The molecule has 1 aliphatic heterocycles. The number of amides is 1. The molecule has 22 heavy (non-hydrogen) atoms. The maximum Gasteiger partial charge on any atom is 0.223 e. The van der Waals surface area contributed by atoms with Crippen LogP contribution in [0.3, 0.4) is 0 Å². The number of carbonyl (C=O) groups is 1. The minimum atomic E-state index is 0.211. The molecule has 0 spiro atoms. The molecule has 1 heterocycles. The van der Waals surface area contributed by atoms with Crippen LogP contribution in [0.2, 0.25) is 0 Å². The molecule has 1 aromatic rings. The summed E-state index contributed by atoms with van der Waals surface area (Å²) in [5, 5.41) is 3.31. The molecule has 1 amide bonds. The van der Waals surface area contributed by atoms with Crippen LogP contribution in [-0.4, -0.2) is 36.0 Å². The summed E-state index contributed by atoms with van der Waals surface area (Å²) >= 11 is 0. The zero-order valence-corrected chi connectivity index (χ0v) is 13.4. The molecule has 3 nitrogen and oxygen atoms in total. The van der Waals surface area contributed by atoms with Gasteiger partial charge in [-0.15, -0.1) is 0 Å². The number of piperidine rings is 1. The summed E-state index contributed by atoms with van der Waals surface area (Å²) in [5.41, 5.74) is 2.69. The van der Waals surface area contributed by atoms with Gasteiger partial charge in [-0.05, 0) is 56.1 Å². The molecule has 1 N–H and O–H groups in total. The largest absolute Gasteiger partial charge is 0.353 e. The zero-order chi connectivity index (χ0) is 15.1. The molecule has 3 heteroatoms. The summed E-state index contributed by atoms with van der Waals surface area (Å²) in [4.78, 5) is 15.1. The van der Waals surface area contributed by atoms with Gasteiger partial charge in [-0.25, -0.2) is 0 Å². The van der Waals surface area contributed by atoms with E-state index in [2.05, 4.69) is 41.4 Å². The summed E-state index contributed by atoms with van der Waals surface area (Å²) in [6.07, 6.45) is 6.06. The first-order valence-electron chi connectivity index (χ1n) is 8.82. The number of hydrogen-bond acceptors (Lipinski definition) is 2. The van der Waals surface area contributed by atoms with E-state index in [1.54, 1.807) is 0 Å². The van der Waals surface area contributed by atoms with E-state index in [0.29, 0.717) is 12.0 Å². The highest BCUT2D eigenvalue weighted by Crippen LogP contribution is 2.48. The van der Waals surface area contributed by atoms with Crippen molar-refractivity contribution < 1.29 is 4.79 Å². The molecule has 0 aromatic heterocycles. The third-order valence-corrected chi connectivity index (χ3v) is 5.65. The topological polar surface area (TPSA) is 32.3 Å². The molecule has 2 aliphatic carbocycles. The van der Waals surface area contributed by atoms with Gasteiger partial charge in [0.25, 0.3) is 0 Å². The molecule has 118 valence electrons. The Morgan fingerprint density at radius 3 is 2.55 bits per heavy atom. The number of aryl methyl sites for hydroxylation is 1. The molecule has 4 rings (SSSR count). The highest BCUT2D eigenvalue weighted by atomic mass is 16.2. The molecule has 0 unspecified atom stereocenters. The van der Waals surface area contributed by atoms with Crippen LogP contribution in [-0.2, 0) is 4.79 Å². The Morgan fingerprint density at radius 1 is 1.14 bits per heavy atom. The van der Waals surface area contributed by atoms with E-state index in [0.717, 1.165) is 25.3 Å². The molecule has 1 aromatic carbocycles. The van der Waals surface area contributed by atoms with Crippen molar-refractivity contribution in [3.8, 4) is 0 Å². The fourth-order valence-electron chi connectivity index (χ4n) is 3.99. The number of nitrogens with zero attached hydrogens (tertiary/aromatic N) is 1. The van der Waals surface area contributed by atoms with E-state index >= 15 is 0 Å². The minimum Gasteiger partial charge on any atom is -0.353 e. The zero-order valence-electron chi connectivity index (χ0n) is 13.4. The average molecular weight is 298 g/mol. The van der Waals surface area contributed by atoms with Crippen LogP contribution in [0.5, 0.6) is 0 Å². The quantitative estimate of drug-likeness (QED) is 0.927. The first kappa shape index (κ1) is 14.3. The van der Waals surface area contributed by atoms with Crippen molar-refractivity contribution in [1.29, 1.82) is 0 Å². The monoisotopic (exact) mass is 298 g/mol.